The quantitative estimate of drug-likeness (QED) is 0.122. The summed E-state index contributed by atoms with van der Waals surface area (Å²) in [6.07, 6.45) is -4.18. The molecule has 58 heavy (non-hydrogen) atoms. The molecule has 0 bridgehead atoms. The molecule has 2 N–H and O–H groups in total. The van der Waals surface area contributed by atoms with Crippen molar-refractivity contribution in [3.63, 3.8) is 0 Å². The van der Waals surface area contributed by atoms with Gasteiger partial charge in [-0.3, -0.25) is 0 Å². The monoisotopic (exact) mass is 846 g/mol. The molecule has 2 fully saturated rings. The smallest absolute Gasteiger partial charge is 0.406 e. The number of hydrogen-bond donors (Lipinski definition) is 2. The molecule has 6 heterocycles. The molecule has 0 saturated carbocycles. The van der Waals surface area contributed by atoms with E-state index >= 15 is 0 Å². The Balaban J connectivity index is 1.19. The molecule has 12 nitrogen and oxygen atoms in total. The van der Waals surface area contributed by atoms with Gasteiger partial charge in [0.1, 0.15) is 33.0 Å². The van der Waals surface area contributed by atoms with Crippen LogP contribution in [0.3, 0.4) is 0 Å². The maximum absolute atomic E-state index is 14.2. The van der Waals surface area contributed by atoms with E-state index in [9.17, 15) is 34.8 Å². The lowest BCUT2D eigenvalue weighted by atomic mass is 10.0. The van der Waals surface area contributed by atoms with Crippen LogP contribution in [-0.2, 0) is 9.84 Å². The Labute approximate surface area is 332 Å². The first-order valence-electron chi connectivity index (χ1n) is 18.4. The zero-order valence-electron chi connectivity index (χ0n) is 30.6. The van der Waals surface area contributed by atoms with Crippen molar-refractivity contribution in [1.82, 2.24) is 29.2 Å². The van der Waals surface area contributed by atoms with Crippen LogP contribution >= 0.6 is 11.8 Å². The lowest BCUT2D eigenvalue weighted by Crippen LogP contribution is -2.27. The fourth-order valence-electron chi connectivity index (χ4n) is 7.17. The standard InChI is InChI=1S/C38H36F6N8O4S2/c39-37(40,41)55-27-3-1-2-25(16-27)31-22-48-36-29(18-34(50-52(31)36)46-20-24-10-14-58(53,54)15-11-24)28-5-4-26(17-32(28)56-38(42,43)44)30-21-47-35-7-6-33(49-51(30)35)45-19-23-8-12-57-13-9-23/h1-7,16-18,21-24H,8-15,19-20H2,(H,45,49)(H,46,50). The molecule has 2 aliphatic rings. The first-order chi connectivity index (χ1) is 27.7. The number of sulfone groups is 1. The summed E-state index contributed by atoms with van der Waals surface area (Å²) in [5.74, 6) is 2.48. The van der Waals surface area contributed by atoms with Gasteiger partial charge in [-0.15, -0.1) is 36.5 Å². The average Bonchev–Trinajstić information content (AvgIpc) is 3.80. The van der Waals surface area contributed by atoms with E-state index in [2.05, 4.69) is 35.2 Å². The Kier molecular flexibility index (Phi) is 10.8. The molecule has 0 spiro atoms. The predicted octanol–water partition coefficient (Wildman–Crippen LogP) is 8.36. The van der Waals surface area contributed by atoms with Gasteiger partial charge in [-0.25, -0.2) is 27.4 Å². The molecule has 306 valence electrons. The van der Waals surface area contributed by atoms with Gasteiger partial charge in [-0.05, 0) is 91.5 Å². The molecule has 2 aromatic carbocycles. The van der Waals surface area contributed by atoms with Gasteiger partial charge in [0.05, 0.1) is 35.3 Å². The van der Waals surface area contributed by atoms with Crippen LogP contribution in [0.4, 0.5) is 38.0 Å². The second-order valence-corrected chi connectivity index (χ2v) is 17.7. The maximum atomic E-state index is 14.2. The number of alkyl halides is 6. The molecule has 2 aliphatic heterocycles. The minimum absolute atomic E-state index is 0.0126. The minimum atomic E-state index is -5.11. The third kappa shape index (κ3) is 9.22. The van der Waals surface area contributed by atoms with Crippen molar-refractivity contribution in [2.75, 3.05) is 46.7 Å². The number of benzene rings is 2. The summed E-state index contributed by atoms with van der Waals surface area (Å²) in [5.41, 5.74) is 1.89. The number of aromatic nitrogens is 6. The number of anilines is 2. The van der Waals surface area contributed by atoms with Crippen LogP contribution in [0.25, 0.3) is 44.9 Å². The van der Waals surface area contributed by atoms with E-state index in [0.717, 1.165) is 43.0 Å². The van der Waals surface area contributed by atoms with Crippen molar-refractivity contribution in [2.45, 2.75) is 38.4 Å². The Morgan fingerprint density at radius 3 is 2.10 bits per heavy atom. The zero-order chi connectivity index (χ0) is 40.7. The number of nitrogens with one attached hydrogen (secondary N) is 2. The van der Waals surface area contributed by atoms with Crippen LogP contribution in [0.1, 0.15) is 25.7 Å². The second-order valence-electron chi connectivity index (χ2n) is 14.2. The van der Waals surface area contributed by atoms with Gasteiger partial charge in [0.2, 0.25) is 0 Å². The molecule has 2 saturated heterocycles. The molecular formula is C38H36F6N8O4S2. The van der Waals surface area contributed by atoms with Gasteiger partial charge >= 0.3 is 12.7 Å². The SMILES string of the molecule is O=S1(=O)CCC(CNc2cc(-c3ccc(-c4cnc5ccc(NCC6CCSCC6)nn45)cc3OC(F)(F)F)c3ncc(-c4cccc(OC(F)(F)F)c4)n3n2)CC1. The van der Waals surface area contributed by atoms with Gasteiger partial charge in [-0.1, -0.05) is 18.2 Å². The van der Waals surface area contributed by atoms with Crippen LogP contribution in [-0.4, -0.2) is 86.4 Å². The summed E-state index contributed by atoms with van der Waals surface area (Å²) in [7, 11) is -3.13. The summed E-state index contributed by atoms with van der Waals surface area (Å²) in [6.45, 7) is 1.04. The topological polar surface area (TPSA) is 137 Å². The van der Waals surface area contributed by atoms with Crippen LogP contribution < -0.4 is 20.1 Å². The van der Waals surface area contributed by atoms with Crippen LogP contribution in [0.15, 0.2) is 73.1 Å². The second kappa shape index (κ2) is 15.8. The lowest BCUT2D eigenvalue weighted by Gasteiger charge is -2.22. The van der Waals surface area contributed by atoms with E-state index in [-0.39, 0.29) is 51.3 Å². The fraction of sp³-hybridized carbons (Fsp3) is 0.368. The van der Waals surface area contributed by atoms with Gasteiger partial charge in [-0.2, -0.15) is 11.8 Å². The number of imidazole rings is 2. The third-order valence-electron chi connectivity index (χ3n) is 10.1. The minimum Gasteiger partial charge on any atom is -0.406 e. The van der Waals surface area contributed by atoms with Gasteiger partial charge in [0, 0.05) is 35.3 Å². The Morgan fingerprint density at radius 2 is 1.36 bits per heavy atom. The van der Waals surface area contributed by atoms with Crippen molar-refractivity contribution < 1.29 is 44.2 Å². The highest BCUT2D eigenvalue weighted by atomic mass is 32.2. The summed E-state index contributed by atoms with van der Waals surface area (Å²) in [6, 6.07) is 14.5. The molecule has 0 amide bonds. The van der Waals surface area contributed by atoms with Crippen LogP contribution in [0, 0.1) is 11.8 Å². The Bertz CT molecular complexity index is 2540. The maximum Gasteiger partial charge on any atom is 0.573 e. The predicted molar refractivity (Wildman–Crippen MR) is 208 cm³/mol. The van der Waals surface area contributed by atoms with Crippen LogP contribution in [0.2, 0.25) is 0 Å². The van der Waals surface area contributed by atoms with E-state index < -0.39 is 34.1 Å². The number of rotatable bonds is 11. The largest absolute Gasteiger partial charge is 0.573 e. The highest BCUT2D eigenvalue weighted by Crippen LogP contribution is 2.41. The number of ether oxygens (including phenoxy) is 2. The zero-order valence-corrected chi connectivity index (χ0v) is 32.2. The number of thioether (sulfide) groups is 1. The van der Waals surface area contributed by atoms with Gasteiger partial charge < -0.3 is 20.1 Å². The highest BCUT2D eigenvalue weighted by molar-refractivity contribution is 7.99. The van der Waals surface area contributed by atoms with E-state index in [1.807, 2.05) is 11.8 Å². The fourth-order valence-corrected chi connectivity index (χ4v) is 9.96. The molecule has 0 radical (unpaired) electrons. The Hall–Kier alpha value is -5.24. The van der Waals surface area contributed by atoms with Gasteiger partial charge in [0.15, 0.2) is 11.3 Å². The molecule has 20 heteroatoms. The van der Waals surface area contributed by atoms with Crippen molar-refractivity contribution in [2.24, 2.45) is 11.8 Å². The van der Waals surface area contributed by atoms with Crippen molar-refractivity contribution in [1.29, 1.82) is 0 Å². The number of halogens is 6. The summed E-state index contributed by atoms with van der Waals surface area (Å²) < 4.78 is 118. The summed E-state index contributed by atoms with van der Waals surface area (Å²) in [5, 5.41) is 15.9. The summed E-state index contributed by atoms with van der Waals surface area (Å²) >= 11 is 1.94. The average molecular weight is 847 g/mol. The Morgan fingerprint density at radius 1 is 0.707 bits per heavy atom. The van der Waals surface area contributed by atoms with Crippen molar-refractivity contribution in [3.8, 4) is 45.1 Å². The van der Waals surface area contributed by atoms with E-state index in [1.54, 1.807) is 22.7 Å². The highest BCUT2D eigenvalue weighted by Gasteiger charge is 2.34. The van der Waals surface area contributed by atoms with Crippen molar-refractivity contribution in [3.05, 3.63) is 73.1 Å². The molecular weight excluding hydrogens is 811 g/mol. The number of fused-ring (bicyclic) bond motifs is 2. The molecule has 6 aromatic rings. The summed E-state index contributed by atoms with van der Waals surface area (Å²) in [4.78, 5) is 8.89. The van der Waals surface area contributed by atoms with E-state index in [0.29, 0.717) is 48.0 Å². The van der Waals surface area contributed by atoms with E-state index in [4.69, 9.17) is 5.10 Å². The first kappa shape index (κ1) is 39.6. The van der Waals surface area contributed by atoms with Gasteiger partial charge in [0.25, 0.3) is 0 Å². The normalized spacial score (nSPS) is 16.8. The lowest BCUT2D eigenvalue weighted by molar-refractivity contribution is -0.275. The molecule has 0 aliphatic carbocycles. The molecule has 8 rings (SSSR count). The van der Waals surface area contributed by atoms with Crippen LogP contribution in [0.5, 0.6) is 11.5 Å². The molecule has 4 aromatic heterocycles. The van der Waals surface area contributed by atoms with Crippen molar-refractivity contribution >= 4 is 44.5 Å². The molecule has 0 atom stereocenters. The third-order valence-corrected chi connectivity index (χ3v) is 12.9. The number of nitrogens with zero attached hydrogens (tertiary/aromatic N) is 6. The molecule has 0 unspecified atom stereocenters. The number of hydrogen-bond acceptors (Lipinski definition) is 11. The van der Waals surface area contributed by atoms with E-state index in [1.165, 1.54) is 47.2 Å². The first-order valence-corrected chi connectivity index (χ1v) is 21.4.